The monoisotopic (exact) mass is 332 g/mol. The second-order valence-electron chi connectivity index (χ2n) is 6.33. The van der Waals surface area contributed by atoms with Gasteiger partial charge in [-0.15, -0.1) is 0 Å². The second-order valence-corrected chi connectivity index (χ2v) is 6.33. The number of carbonyl (C=O) groups is 4. The summed E-state index contributed by atoms with van der Waals surface area (Å²) in [6, 6.07) is 0. The number of hydrogen-bond donors (Lipinski definition) is 0. The highest BCUT2D eigenvalue weighted by Gasteiger charge is 2.40. The Morgan fingerprint density at radius 3 is 2.50 bits per heavy atom. The average Bonchev–Trinajstić information content (AvgIpc) is 3.07. The van der Waals surface area contributed by atoms with Crippen molar-refractivity contribution in [1.29, 1.82) is 0 Å². The molecule has 2 atom stereocenters. The van der Waals surface area contributed by atoms with Crippen LogP contribution in [-0.4, -0.2) is 35.6 Å². The second kappa shape index (κ2) is 5.74. The highest BCUT2D eigenvalue weighted by atomic mass is 16.6. The van der Waals surface area contributed by atoms with E-state index in [1.54, 1.807) is 19.1 Å². The van der Waals surface area contributed by atoms with Crippen molar-refractivity contribution >= 4 is 23.9 Å². The van der Waals surface area contributed by atoms with E-state index >= 15 is 0 Å². The third-order valence-electron chi connectivity index (χ3n) is 4.13. The molecule has 2 unspecified atom stereocenters. The molecular weight excluding hydrogens is 316 g/mol. The minimum atomic E-state index is -0.818. The van der Waals surface area contributed by atoms with Gasteiger partial charge in [-0.2, -0.15) is 0 Å². The molecule has 0 aromatic rings. The Kier molecular flexibility index (Phi) is 3.87. The quantitative estimate of drug-likeness (QED) is 0.332. The zero-order valence-corrected chi connectivity index (χ0v) is 13.1. The van der Waals surface area contributed by atoms with Crippen molar-refractivity contribution in [3.8, 4) is 0 Å². The largest absolute Gasteiger partial charge is 0.455 e. The lowest BCUT2D eigenvalue weighted by atomic mass is 9.94. The molecule has 7 heteroatoms. The molecule has 0 amide bonds. The lowest BCUT2D eigenvalue weighted by Gasteiger charge is -2.19. The SMILES string of the molecule is C=C1CC(/C=C2\CC(C)(C/C=C3\CC(=O)OC3=O)OC2=O)OC1=O. The van der Waals surface area contributed by atoms with Gasteiger partial charge < -0.3 is 14.2 Å². The maximum atomic E-state index is 12.0. The minimum absolute atomic E-state index is 0.0638. The standard InChI is InChI=1S/C17H16O7/c1-9-5-12(22-14(9)19)6-11-8-17(2,24-16(11)21)4-3-10-7-13(18)23-15(10)20/h3,6,12H,1,4-5,7-8H2,2H3/b10-3+,11-6+. The molecule has 3 rings (SSSR count). The van der Waals surface area contributed by atoms with Crippen LogP contribution in [0.25, 0.3) is 0 Å². The first-order valence-electron chi connectivity index (χ1n) is 7.52. The van der Waals surface area contributed by atoms with E-state index < -0.39 is 35.6 Å². The van der Waals surface area contributed by atoms with Crippen molar-refractivity contribution < 1.29 is 33.4 Å². The van der Waals surface area contributed by atoms with Crippen LogP contribution < -0.4 is 0 Å². The summed E-state index contributed by atoms with van der Waals surface area (Å²) < 4.78 is 14.9. The molecule has 0 saturated carbocycles. The Morgan fingerprint density at radius 1 is 1.17 bits per heavy atom. The average molecular weight is 332 g/mol. The molecule has 0 N–H and O–H groups in total. The van der Waals surface area contributed by atoms with Crippen molar-refractivity contribution in [3.63, 3.8) is 0 Å². The summed E-state index contributed by atoms with van der Waals surface area (Å²) in [5.41, 5.74) is 0.255. The zero-order chi connectivity index (χ0) is 17.5. The van der Waals surface area contributed by atoms with Crippen LogP contribution in [0.4, 0.5) is 0 Å². The van der Waals surface area contributed by atoms with Crippen LogP contribution in [0.3, 0.4) is 0 Å². The van der Waals surface area contributed by atoms with Gasteiger partial charge in [0.05, 0.1) is 6.42 Å². The van der Waals surface area contributed by atoms with Gasteiger partial charge in [-0.3, -0.25) is 4.79 Å². The Bertz CT molecular complexity index is 711. The van der Waals surface area contributed by atoms with Gasteiger partial charge in [0, 0.05) is 36.0 Å². The summed E-state index contributed by atoms with van der Waals surface area (Å²) >= 11 is 0. The molecular formula is C17H16O7. The van der Waals surface area contributed by atoms with Crippen LogP contribution in [0, 0.1) is 0 Å². The third-order valence-corrected chi connectivity index (χ3v) is 4.13. The number of hydrogen-bond acceptors (Lipinski definition) is 7. The summed E-state index contributed by atoms with van der Waals surface area (Å²) in [5.74, 6) is -2.17. The number of ether oxygens (including phenoxy) is 3. The Hall–Kier alpha value is -2.70. The van der Waals surface area contributed by atoms with Crippen LogP contribution in [0.5, 0.6) is 0 Å². The van der Waals surface area contributed by atoms with E-state index in [4.69, 9.17) is 9.47 Å². The van der Waals surface area contributed by atoms with Crippen LogP contribution in [0.1, 0.15) is 32.6 Å². The summed E-state index contributed by atoms with van der Waals surface area (Å²) in [7, 11) is 0. The van der Waals surface area contributed by atoms with Crippen molar-refractivity contribution in [3.05, 3.63) is 35.5 Å². The molecule has 3 aliphatic heterocycles. The van der Waals surface area contributed by atoms with Gasteiger partial charge >= 0.3 is 23.9 Å². The Balaban J connectivity index is 1.68. The molecule has 0 aliphatic carbocycles. The lowest BCUT2D eigenvalue weighted by molar-refractivity contribution is -0.151. The minimum Gasteiger partial charge on any atom is -0.455 e. The number of cyclic esters (lactones) is 4. The van der Waals surface area contributed by atoms with Gasteiger partial charge in [0.15, 0.2) is 0 Å². The molecule has 7 nitrogen and oxygen atoms in total. The number of rotatable bonds is 3. The van der Waals surface area contributed by atoms with Crippen LogP contribution in [0.15, 0.2) is 35.5 Å². The predicted octanol–water partition coefficient (Wildman–Crippen LogP) is 1.28. The molecule has 0 aromatic carbocycles. The molecule has 0 aromatic heterocycles. The molecule has 3 aliphatic rings. The summed E-state index contributed by atoms with van der Waals surface area (Å²) in [6.07, 6.45) is 3.54. The maximum Gasteiger partial charge on any atom is 0.341 e. The highest BCUT2D eigenvalue weighted by molar-refractivity contribution is 6.05. The normalized spacial score (nSPS) is 33.4. The zero-order valence-electron chi connectivity index (χ0n) is 13.1. The predicted molar refractivity (Wildman–Crippen MR) is 79.3 cm³/mol. The maximum absolute atomic E-state index is 12.0. The number of esters is 4. The smallest absolute Gasteiger partial charge is 0.341 e. The van der Waals surface area contributed by atoms with Gasteiger partial charge in [0.1, 0.15) is 11.7 Å². The van der Waals surface area contributed by atoms with E-state index in [0.717, 1.165) is 0 Å². The van der Waals surface area contributed by atoms with E-state index in [1.807, 2.05) is 0 Å². The Labute approximate surface area is 137 Å². The number of carbonyl (C=O) groups excluding carboxylic acids is 4. The molecule has 3 heterocycles. The van der Waals surface area contributed by atoms with Gasteiger partial charge in [-0.1, -0.05) is 12.7 Å². The van der Waals surface area contributed by atoms with Gasteiger partial charge in [0.2, 0.25) is 0 Å². The molecule has 3 fully saturated rings. The van der Waals surface area contributed by atoms with E-state index in [-0.39, 0.29) is 18.4 Å². The third kappa shape index (κ3) is 3.15. The fourth-order valence-electron chi connectivity index (χ4n) is 2.87. The van der Waals surface area contributed by atoms with E-state index in [0.29, 0.717) is 24.0 Å². The molecule has 0 spiro atoms. The van der Waals surface area contributed by atoms with Crippen LogP contribution in [0.2, 0.25) is 0 Å². The topological polar surface area (TPSA) is 96.0 Å². The highest BCUT2D eigenvalue weighted by Crippen LogP contribution is 2.35. The van der Waals surface area contributed by atoms with Crippen molar-refractivity contribution in [2.45, 2.75) is 44.3 Å². The van der Waals surface area contributed by atoms with E-state index in [2.05, 4.69) is 11.3 Å². The van der Waals surface area contributed by atoms with Crippen LogP contribution in [-0.2, 0) is 33.4 Å². The van der Waals surface area contributed by atoms with Crippen molar-refractivity contribution in [1.82, 2.24) is 0 Å². The van der Waals surface area contributed by atoms with Crippen LogP contribution >= 0.6 is 0 Å². The van der Waals surface area contributed by atoms with E-state index in [9.17, 15) is 19.2 Å². The molecule has 24 heavy (non-hydrogen) atoms. The van der Waals surface area contributed by atoms with Crippen molar-refractivity contribution in [2.24, 2.45) is 0 Å². The first-order chi connectivity index (χ1) is 11.3. The Morgan fingerprint density at radius 2 is 1.92 bits per heavy atom. The van der Waals surface area contributed by atoms with Gasteiger partial charge in [0.25, 0.3) is 0 Å². The first-order valence-corrected chi connectivity index (χ1v) is 7.52. The summed E-state index contributed by atoms with van der Waals surface area (Å²) in [4.78, 5) is 45.9. The lowest BCUT2D eigenvalue weighted by Crippen LogP contribution is -2.23. The summed E-state index contributed by atoms with van der Waals surface area (Å²) in [6.45, 7) is 5.34. The molecule has 0 radical (unpaired) electrons. The fraction of sp³-hybridized carbons (Fsp3) is 0.412. The fourth-order valence-corrected chi connectivity index (χ4v) is 2.87. The molecule has 0 bridgehead atoms. The molecule has 3 saturated heterocycles. The summed E-state index contributed by atoms with van der Waals surface area (Å²) in [5, 5.41) is 0. The van der Waals surface area contributed by atoms with Crippen molar-refractivity contribution in [2.75, 3.05) is 0 Å². The van der Waals surface area contributed by atoms with E-state index in [1.165, 1.54) is 0 Å². The first kappa shape index (κ1) is 16.2. The van der Waals surface area contributed by atoms with Gasteiger partial charge in [-0.25, -0.2) is 14.4 Å². The molecule has 126 valence electrons. The van der Waals surface area contributed by atoms with Gasteiger partial charge in [-0.05, 0) is 13.0 Å².